The normalized spacial score (nSPS) is 17.4. The molecule has 4 heterocycles. The second-order valence-electron chi connectivity index (χ2n) is 6.62. The molecule has 134 valence electrons. The molecule has 0 bridgehead atoms. The number of hydrogen-bond donors (Lipinski definition) is 0. The summed E-state index contributed by atoms with van der Waals surface area (Å²) in [5.41, 5.74) is 1.77. The van der Waals surface area contributed by atoms with Crippen LogP contribution in [-0.2, 0) is 16.1 Å². The van der Waals surface area contributed by atoms with Gasteiger partial charge in [0.15, 0.2) is 5.65 Å². The molecule has 1 saturated heterocycles. The molecule has 26 heavy (non-hydrogen) atoms. The van der Waals surface area contributed by atoms with Gasteiger partial charge >= 0.3 is 5.97 Å². The largest absolute Gasteiger partial charge is 0.459 e. The number of ether oxygens (including phenoxy) is 1. The molecule has 0 aromatic carbocycles. The molecule has 0 amide bonds. The minimum absolute atomic E-state index is 0.0691. The molecule has 0 radical (unpaired) electrons. The zero-order valence-electron chi connectivity index (χ0n) is 14.7. The molecule has 4 rings (SSSR count). The predicted molar refractivity (Wildman–Crippen MR) is 97.8 cm³/mol. The van der Waals surface area contributed by atoms with Crippen molar-refractivity contribution in [2.24, 2.45) is 0 Å². The number of anilines is 1. The quantitative estimate of drug-likeness (QED) is 0.672. The fourth-order valence-electron chi connectivity index (χ4n) is 3.33. The van der Waals surface area contributed by atoms with E-state index in [4.69, 9.17) is 4.74 Å². The fraction of sp³-hybridized carbons (Fsp3) is 0.368. The summed E-state index contributed by atoms with van der Waals surface area (Å²) in [6.45, 7) is 3.65. The predicted octanol–water partition coefficient (Wildman–Crippen LogP) is 2.35. The first kappa shape index (κ1) is 16.5. The van der Waals surface area contributed by atoms with Crippen molar-refractivity contribution in [2.45, 2.75) is 32.4 Å². The molecular formula is C19H21N5O2. The van der Waals surface area contributed by atoms with Gasteiger partial charge in [-0.15, -0.1) is 0 Å². The van der Waals surface area contributed by atoms with E-state index >= 15 is 0 Å². The van der Waals surface area contributed by atoms with Gasteiger partial charge in [-0.05, 0) is 43.5 Å². The summed E-state index contributed by atoms with van der Waals surface area (Å²) in [5, 5.41) is 5.19. The van der Waals surface area contributed by atoms with Crippen LogP contribution in [0, 0.1) is 6.92 Å². The summed E-state index contributed by atoms with van der Waals surface area (Å²) in [6.07, 6.45) is 6.99. The minimum atomic E-state index is -0.287. The molecule has 1 aliphatic rings. The molecule has 0 saturated carbocycles. The van der Waals surface area contributed by atoms with Crippen molar-refractivity contribution in [3.63, 3.8) is 0 Å². The Morgan fingerprint density at radius 1 is 1.31 bits per heavy atom. The monoisotopic (exact) mass is 351 g/mol. The molecule has 1 unspecified atom stereocenters. The lowest BCUT2D eigenvalue weighted by Gasteiger charge is -2.33. The van der Waals surface area contributed by atoms with Crippen LogP contribution in [0.5, 0.6) is 0 Å². The van der Waals surface area contributed by atoms with Crippen molar-refractivity contribution < 1.29 is 9.53 Å². The van der Waals surface area contributed by atoms with E-state index < -0.39 is 0 Å². The third kappa shape index (κ3) is 3.51. The maximum absolute atomic E-state index is 12.4. The molecule has 0 spiro atoms. The smallest absolute Gasteiger partial charge is 0.328 e. The van der Waals surface area contributed by atoms with Gasteiger partial charge in [-0.2, -0.15) is 5.10 Å². The van der Waals surface area contributed by atoms with E-state index in [2.05, 4.69) is 20.0 Å². The highest BCUT2D eigenvalue weighted by Gasteiger charge is 2.24. The van der Waals surface area contributed by atoms with Crippen molar-refractivity contribution in [3.05, 3.63) is 48.4 Å². The molecule has 0 N–H and O–H groups in total. The Labute approximate surface area is 151 Å². The minimum Gasteiger partial charge on any atom is -0.459 e. The van der Waals surface area contributed by atoms with Gasteiger partial charge in [-0.1, -0.05) is 6.07 Å². The van der Waals surface area contributed by atoms with Crippen LogP contribution in [0.2, 0.25) is 0 Å². The Bertz CT molecular complexity index is 909. The Balaban J connectivity index is 1.39. The number of carbonyl (C=O) groups excluding carboxylic acids is 1. The van der Waals surface area contributed by atoms with Crippen LogP contribution in [0.4, 0.5) is 5.82 Å². The average molecular weight is 351 g/mol. The summed E-state index contributed by atoms with van der Waals surface area (Å²) in [5.74, 6) is 0.635. The van der Waals surface area contributed by atoms with Crippen LogP contribution >= 0.6 is 0 Å². The highest BCUT2D eigenvalue weighted by atomic mass is 16.5. The number of esters is 1. The zero-order chi connectivity index (χ0) is 17.9. The number of piperidine rings is 1. The third-order valence-corrected chi connectivity index (χ3v) is 4.54. The number of pyridine rings is 2. The first-order chi connectivity index (χ1) is 12.7. The van der Waals surface area contributed by atoms with Gasteiger partial charge in [0.05, 0.1) is 12.7 Å². The summed E-state index contributed by atoms with van der Waals surface area (Å²) >= 11 is 0. The molecule has 7 heteroatoms. The van der Waals surface area contributed by atoms with Crippen molar-refractivity contribution >= 4 is 22.8 Å². The van der Waals surface area contributed by atoms with Gasteiger partial charge < -0.3 is 9.64 Å². The lowest BCUT2D eigenvalue weighted by molar-refractivity contribution is -0.150. The van der Waals surface area contributed by atoms with E-state index in [1.807, 2.05) is 31.2 Å². The van der Waals surface area contributed by atoms with Crippen molar-refractivity contribution in [1.29, 1.82) is 0 Å². The van der Waals surface area contributed by atoms with E-state index in [0.29, 0.717) is 12.2 Å². The van der Waals surface area contributed by atoms with Crippen molar-refractivity contribution in [3.8, 4) is 0 Å². The van der Waals surface area contributed by atoms with E-state index in [1.54, 1.807) is 23.3 Å². The van der Waals surface area contributed by atoms with Gasteiger partial charge in [0, 0.05) is 24.3 Å². The number of hydrogen-bond acceptors (Lipinski definition) is 6. The summed E-state index contributed by atoms with van der Waals surface area (Å²) in [7, 11) is 0. The Morgan fingerprint density at radius 3 is 3.08 bits per heavy atom. The average Bonchev–Trinajstić information content (AvgIpc) is 3.04. The van der Waals surface area contributed by atoms with Crippen LogP contribution in [0.25, 0.3) is 11.0 Å². The lowest BCUT2D eigenvalue weighted by atomic mass is 10.1. The maximum atomic E-state index is 12.4. The van der Waals surface area contributed by atoms with Crippen molar-refractivity contribution in [1.82, 2.24) is 19.7 Å². The van der Waals surface area contributed by atoms with Crippen LogP contribution in [0.3, 0.4) is 0 Å². The third-order valence-electron chi connectivity index (χ3n) is 4.54. The van der Waals surface area contributed by atoms with Crippen LogP contribution in [-0.4, -0.2) is 44.9 Å². The molecule has 3 aromatic rings. The van der Waals surface area contributed by atoms with Gasteiger partial charge in [-0.3, -0.25) is 4.79 Å². The number of aryl methyl sites for hydroxylation is 1. The van der Waals surface area contributed by atoms with E-state index in [-0.39, 0.29) is 18.6 Å². The Hall–Kier alpha value is -2.96. The molecular weight excluding hydrogens is 330 g/mol. The topological polar surface area (TPSA) is 73.1 Å². The number of carbonyl (C=O) groups is 1. The number of fused-ring (bicyclic) bond motifs is 1. The first-order valence-electron chi connectivity index (χ1n) is 8.83. The first-order valence-corrected chi connectivity index (χ1v) is 8.83. The number of aromatic nitrogens is 4. The maximum Gasteiger partial charge on any atom is 0.328 e. The second kappa shape index (κ2) is 7.11. The zero-order valence-corrected chi connectivity index (χ0v) is 14.7. The fourth-order valence-corrected chi connectivity index (χ4v) is 3.33. The molecule has 0 aliphatic carbocycles. The standard InChI is InChI=1S/C19H21N5O2/c1-14-9-15-11-22-24(19(15)21-10-14)13-18(25)26-16-5-4-8-23(12-16)17-6-2-3-7-20-17/h2-3,6-7,9-11,16H,4-5,8,12-13H2,1H3. The molecule has 3 aromatic heterocycles. The molecule has 1 atom stereocenters. The van der Waals surface area contributed by atoms with E-state index in [9.17, 15) is 4.79 Å². The lowest BCUT2D eigenvalue weighted by Crippen LogP contribution is -2.41. The summed E-state index contributed by atoms with van der Waals surface area (Å²) in [6, 6.07) is 7.85. The second-order valence-corrected chi connectivity index (χ2v) is 6.62. The molecule has 1 aliphatic heterocycles. The van der Waals surface area contributed by atoms with Crippen LogP contribution in [0.15, 0.2) is 42.9 Å². The summed E-state index contributed by atoms with van der Waals surface area (Å²) < 4.78 is 7.29. The summed E-state index contributed by atoms with van der Waals surface area (Å²) in [4.78, 5) is 23.3. The Morgan fingerprint density at radius 2 is 2.23 bits per heavy atom. The van der Waals surface area contributed by atoms with Crippen molar-refractivity contribution in [2.75, 3.05) is 18.0 Å². The highest BCUT2D eigenvalue weighted by Crippen LogP contribution is 2.19. The Kier molecular flexibility index (Phi) is 4.51. The van der Waals surface area contributed by atoms with E-state index in [0.717, 1.165) is 36.2 Å². The van der Waals surface area contributed by atoms with Crippen LogP contribution < -0.4 is 4.90 Å². The molecule has 7 nitrogen and oxygen atoms in total. The van der Waals surface area contributed by atoms with Crippen LogP contribution in [0.1, 0.15) is 18.4 Å². The van der Waals surface area contributed by atoms with Gasteiger partial charge in [0.2, 0.25) is 0 Å². The van der Waals surface area contributed by atoms with E-state index in [1.165, 1.54) is 0 Å². The van der Waals surface area contributed by atoms with Gasteiger partial charge in [0.25, 0.3) is 0 Å². The van der Waals surface area contributed by atoms with Gasteiger partial charge in [-0.25, -0.2) is 14.6 Å². The molecule has 1 fully saturated rings. The number of rotatable bonds is 4. The SMILES string of the molecule is Cc1cnc2c(cnn2CC(=O)OC2CCCN(c3ccccn3)C2)c1. The highest BCUT2D eigenvalue weighted by molar-refractivity contribution is 5.77. The van der Waals surface area contributed by atoms with Gasteiger partial charge in [0.1, 0.15) is 18.5 Å². The number of nitrogens with zero attached hydrogens (tertiary/aromatic N) is 5.